The Morgan fingerprint density at radius 2 is 1.69 bits per heavy atom. The number of esters is 2. The van der Waals surface area contributed by atoms with Crippen molar-refractivity contribution in [1.82, 2.24) is 4.40 Å². The van der Waals surface area contributed by atoms with E-state index >= 15 is 0 Å². The van der Waals surface area contributed by atoms with Gasteiger partial charge in [0.05, 0.1) is 25.3 Å². The third-order valence-electron chi connectivity index (χ3n) is 4.74. The molecule has 0 aliphatic heterocycles. The highest BCUT2D eigenvalue weighted by molar-refractivity contribution is 6.14. The van der Waals surface area contributed by atoms with Crippen molar-refractivity contribution in [2.24, 2.45) is 5.92 Å². The molecule has 6 heteroatoms. The van der Waals surface area contributed by atoms with Crippen LogP contribution in [0.3, 0.4) is 0 Å². The summed E-state index contributed by atoms with van der Waals surface area (Å²) in [7, 11) is 2.47. The Bertz CT molecular complexity index is 1070. The van der Waals surface area contributed by atoms with Gasteiger partial charge in [0.15, 0.2) is 5.78 Å². The standard InChI is InChI=1S/C20H17NO5/c1-25-19(23)14-10-13-9-12-5-3-4-6-15(12)21(13)17(16(14)20(24)26-2)18(22)11-7-8-11/h3-6,9-11H,7-8H2,1-2H3. The lowest BCUT2D eigenvalue weighted by Crippen LogP contribution is -2.21. The number of para-hydroxylation sites is 1. The van der Waals surface area contributed by atoms with Gasteiger partial charge < -0.3 is 13.9 Å². The van der Waals surface area contributed by atoms with Gasteiger partial charge in [0.1, 0.15) is 11.3 Å². The predicted octanol–water partition coefficient (Wildman–Crippen LogP) is 3.26. The lowest BCUT2D eigenvalue weighted by molar-refractivity contribution is 0.0552. The number of carbonyl (C=O) groups is 3. The van der Waals surface area contributed by atoms with Crippen LogP contribution in [-0.2, 0) is 9.47 Å². The zero-order valence-corrected chi connectivity index (χ0v) is 14.4. The highest BCUT2D eigenvalue weighted by Crippen LogP contribution is 2.36. The normalized spacial score (nSPS) is 13.8. The Balaban J connectivity index is 2.18. The van der Waals surface area contributed by atoms with Gasteiger partial charge in [0.2, 0.25) is 0 Å². The molecular weight excluding hydrogens is 334 g/mol. The molecule has 2 heterocycles. The summed E-state index contributed by atoms with van der Waals surface area (Å²) in [6.45, 7) is 0. The first-order chi connectivity index (χ1) is 12.6. The van der Waals surface area contributed by atoms with E-state index in [1.807, 2.05) is 30.3 Å². The number of hydrogen-bond acceptors (Lipinski definition) is 5. The third kappa shape index (κ3) is 2.37. The number of aromatic nitrogens is 1. The number of rotatable bonds is 4. The van der Waals surface area contributed by atoms with Crippen molar-refractivity contribution >= 4 is 34.1 Å². The van der Waals surface area contributed by atoms with E-state index in [0.29, 0.717) is 5.52 Å². The zero-order valence-electron chi connectivity index (χ0n) is 14.4. The van der Waals surface area contributed by atoms with E-state index in [0.717, 1.165) is 23.7 Å². The van der Waals surface area contributed by atoms with Crippen LogP contribution < -0.4 is 0 Å². The monoisotopic (exact) mass is 351 g/mol. The Morgan fingerprint density at radius 3 is 2.35 bits per heavy atom. The van der Waals surface area contributed by atoms with Gasteiger partial charge >= 0.3 is 11.9 Å². The minimum Gasteiger partial charge on any atom is -0.465 e. The maximum absolute atomic E-state index is 13.1. The maximum atomic E-state index is 13.1. The molecule has 1 aliphatic carbocycles. The van der Waals surface area contributed by atoms with E-state index < -0.39 is 11.9 Å². The molecule has 0 spiro atoms. The van der Waals surface area contributed by atoms with Crippen molar-refractivity contribution in [2.45, 2.75) is 12.8 Å². The molecule has 26 heavy (non-hydrogen) atoms. The fourth-order valence-corrected chi connectivity index (χ4v) is 3.34. The molecule has 1 aromatic carbocycles. The van der Waals surface area contributed by atoms with Crippen molar-refractivity contribution in [3.05, 3.63) is 53.2 Å². The van der Waals surface area contributed by atoms with Crippen LogP contribution in [0.5, 0.6) is 0 Å². The molecular formula is C20H17NO5. The van der Waals surface area contributed by atoms with Gasteiger partial charge in [0.25, 0.3) is 0 Å². The molecule has 3 aromatic rings. The quantitative estimate of drug-likeness (QED) is 0.533. The molecule has 132 valence electrons. The summed E-state index contributed by atoms with van der Waals surface area (Å²) in [6.07, 6.45) is 1.56. The van der Waals surface area contributed by atoms with Crippen molar-refractivity contribution in [3.8, 4) is 0 Å². The molecule has 6 nitrogen and oxygen atoms in total. The van der Waals surface area contributed by atoms with Crippen LogP contribution in [0.25, 0.3) is 16.4 Å². The first kappa shape index (κ1) is 16.3. The summed E-state index contributed by atoms with van der Waals surface area (Å²) in [5.41, 5.74) is 1.65. The highest BCUT2D eigenvalue weighted by atomic mass is 16.5. The summed E-state index contributed by atoms with van der Waals surface area (Å²) in [6, 6.07) is 11.0. The topological polar surface area (TPSA) is 74.1 Å². The molecule has 0 saturated heterocycles. The number of pyridine rings is 1. The number of Topliss-reactive ketones (excluding diaryl/α,β-unsaturated/α-hetero) is 1. The minimum absolute atomic E-state index is 0.0369. The molecule has 0 amide bonds. The first-order valence-electron chi connectivity index (χ1n) is 8.35. The highest BCUT2D eigenvalue weighted by Gasteiger charge is 2.37. The van der Waals surface area contributed by atoms with Crippen molar-refractivity contribution in [1.29, 1.82) is 0 Å². The Hall–Kier alpha value is -3.15. The van der Waals surface area contributed by atoms with Gasteiger partial charge in [-0.05, 0) is 31.0 Å². The number of fused-ring (bicyclic) bond motifs is 3. The fourth-order valence-electron chi connectivity index (χ4n) is 3.34. The molecule has 4 rings (SSSR count). The zero-order chi connectivity index (χ0) is 18.4. The van der Waals surface area contributed by atoms with Gasteiger partial charge in [-0.3, -0.25) is 4.79 Å². The lowest BCUT2D eigenvalue weighted by atomic mass is 10.0. The van der Waals surface area contributed by atoms with Crippen LogP contribution in [0.15, 0.2) is 36.4 Å². The Kier molecular flexibility index (Phi) is 3.76. The molecule has 0 unspecified atom stereocenters. The Morgan fingerprint density at radius 1 is 1.00 bits per heavy atom. The van der Waals surface area contributed by atoms with E-state index in [2.05, 4.69) is 0 Å². The third-order valence-corrected chi connectivity index (χ3v) is 4.74. The van der Waals surface area contributed by atoms with Crippen LogP contribution in [0.2, 0.25) is 0 Å². The molecule has 2 aromatic heterocycles. The molecule has 0 N–H and O–H groups in total. The fraction of sp³-hybridized carbons (Fsp3) is 0.250. The van der Waals surface area contributed by atoms with Crippen LogP contribution in [0, 0.1) is 5.92 Å². The molecule has 1 saturated carbocycles. The number of carbonyl (C=O) groups excluding carboxylic acids is 3. The van der Waals surface area contributed by atoms with Gasteiger partial charge in [-0.15, -0.1) is 0 Å². The van der Waals surface area contributed by atoms with Gasteiger partial charge in [-0.2, -0.15) is 0 Å². The number of ether oxygens (including phenoxy) is 2. The summed E-state index contributed by atoms with van der Waals surface area (Å²) >= 11 is 0. The first-order valence-corrected chi connectivity index (χ1v) is 8.35. The largest absolute Gasteiger partial charge is 0.465 e. The van der Waals surface area contributed by atoms with Crippen LogP contribution in [0.4, 0.5) is 0 Å². The van der Waals surface area contributed by atoms with E-state index in [-0.39, 0.29) is 28.5 Å². The average molecular weight is 351 g/mol. The second-order valence-corrected chi connectivity index (χ2v) is 6.37. The number of hydrogen-bond donors (Lipinski definition) is 0. The van der Waals surface area contributed by atoms with Crippen molar-refractivity contribution < 1.29 is 23.9 Å². The van der Waals surface area contributed by atoms with Gasteiger partial charge in [0, 0.05) is 16.8 Å². The number of benzene rings is 1. The van der Waals surface area contributed by atoms with E-state index in [4.69, 9.17) is 9.47 Å². The summed E-state index contributed by atoms with van der Waals surface area (Å²) in [5.74, 6) is -1.68. The minimum atomic E-state index is -0.728. The second kappa shape index (κ2) is 5.98. The summed E-state index contributed by atoms with van der Waals surface area (Å²) < 4.78 is 11.5. The van der Waals surface area contributed by atoms with Crippen molar-refractivity contribution in [2.75, 3.05) is 14.2 Å². The van der Waals surface area contributed by atoms with Crippen molar-refractivity contribution in [3.63, 3.8) is 0 Å². The maximum Gasteiger partial charge on any atom is 0.341 e. The molecule has 0 radical (unpaired) electrons. The number of methoxy groups -OCH3 is 2. The lowest BCUT2D eigenvalue weighted by Gasteiger charge is -2.15. The van der Waals surface area contributed by atoms with Crippen LogP contribution >= 0.6 is 0 Å². The van der Waals surface area contributed by atoms with E-state index in [1.165, 1.54) is 14.2 Å². The predicted molar refractivity (Wildman–Crippen MR) is 94.6 cm³/mol. The summed E-state index contributed by atoms with van der Waals surface area (Å²) in [5, 5.41) is 0.912. The van der Waals surface area contributed by atoms with Crippen LogP contribution in [0.1, 0.15) is 44.0 Å². The van der Waals surface area contributed by atoms with Gasteiger partial charge in [-0.1, -0.05) is 18.2 Å². The van der Waals surface area contributed by atoms with E-state index in [9.17, 15) is 14.4 Å². The molecule has 1 fully saturated rings. The van der Waals surface area contributed by atoms with E-state index in [1.54, 1.807) is 10.5 Å². The smallest absolute Gasteiger partial charge is 0.341 e. The number of nitrogens with zero attached hydrogens (tertiary/aromatic N) is 1. The average Bonchev–Trinajstić information content (AvgIpc) is 3.45. The molecule has 1 aliphatic rings. The molecule has 0 atom stereocenters. The summed E-state index contributed by atoms with van der Waals surface area (Å²) in [4.78, 5) is 37.9. The van der Waals surface area contributed by atoms with Crippen LogP contribution in [-0.4, -0.2) is 36.3 Å². The molecule has 0 bridgehead atoms. The number of ketones is 1. The SMILES string of the molecule is COC(=O)c1cc2cc3ccccc3n2c(C(=O)C2CC2)c1C(=O)OC. The Labute approximate surface area is 149 Å². The van der Waals surface area contributed by atoms with Gasteiger partial charge in [-0.25, -0.2) is 9.59 Å². The second-order valence-electron chi connectivity index (χ2n) is 6.37.